The van der Waals surface area contributed by atoms with Gasteiger partial charge in [0.15, 0.2) is 14.9 Å². The molecular weight excluding hydrogens is 256 g/mol. The summed E-state index contributed by atoms with van der Waals surface area (Å²) in [6.07, 6.45) is 5.48. The van der Waals surface area contributed by atoms with E-state index in [2.05, 4.69) is 10.6 Å². The third-order valence-corrected chi connectivity index (χ3v) is 5.73. The van der Waals surface area contributed by atoms with Crippen LogP contribution in [0.5, 0.6) is 0 Å². The Morgan fingerprint density at radius 1 is 1.35 bits per heavy atom. The first-order chi connectivity index (χ1) is 7.89. The van der Waals surface area contributed by atoms with Crippen LogP contribution in [0.1, 0.15) is 39.0 Å². The molecule has 17 heavy (non-hydrogen) atoms. The maximum atomic E-state index is 11.5. The van der Waals surface area contributed by atoms with Gasteiger partial charge >= 0.3 is 0 Å². The summed E-state index contributed by atoms with van der Waals surface area (Å²) in [4.78, 5) is 0. The zero-order chi connectivity index (χ0) is 12.5. The molecule has 1 heterocycles. The van der Waals surface area contributed by atoms with Gasteiger partial charge in [-0.1, -0.05) is 12.8 Å². The first-order valence-electron chi connectivity index (χ1n) is 6.18. The largest absolute Gasteiger partial charge is 0.360 e. The molecule has 1 unspecified atom stereocenters. The number of sulfone groups is 1. The van der Waals surface area contributed by atoms with Gasteiger partial charge in [-0.25, -0.2) is 8.42 Å². The van der Waals surface area contributed by atoms with Crippen LogP contribution in [-0.2, 0) is 9.84 Å². The van der Waals surface area contributed by atoms with Crippen molar-refractivity contribution in [3.05, 3.63) is 0 Å². The van der Waals surface area contributed by atoms with E-state index in [0.29, 0.717) is 17.6 Å². The van der Waals surface area contributed by atoms with Crippen molar-refractivity contribution in [3.63, 3.8) is 0 Å². The zero-order valence-corrected chi connectivity index (χ0v) is 11.8. The molecule has 0 aromatic carbocycles. The third-order valence-electron chi connectivity index (χ3n) is 3.61. The van der Waals surface area contributed by atoms with Crippen LogP contribution in [0.15, 0.2) is 0 Å². The lowest BCUT2D eigenvalue weighted by Crippen LogP contribution is -2.52. The molecule has 0 radical (unpaired) electrons. The van der Waals surface area contributed by atoms with Crippen LogP contribution in [0.2, 0.25) is 0 Å². The second-order valence-electron chi connectivity index (χ2n) is 5.48. The van der Waals surface area contributed by atoms with Crippen molar-refractivity contribution in [1.29, 1.82) is 0 Å². The highest BCUT2D eigenvalue weighted by molar-refractivity contribution is 7.91. The van der Waals surface area contributed by atoms with Gasteiger partial charge in [-0.3, -0.25) is 0 Å². The van der Waals surface area contributed by atoms with Crippen LogP contribution in [-0.4, -0.2) is 36.6 Å². The molecule has 1 aliphatic heterocycles. The molecule has 1 saturated heterocycles. The van der Waals surface area contributed by atoms with Crippen LogP contribution in [0, 0.1) is 0 Å². The average molecular weight is 276 g/mol. The van der Waals surface area contributed by atoms with Crippen LogP contribution >= 0.6 is 12.2 Å². The smallest absolute Gasteiger partial charge is 0.166 e. The highest BCUT2D eigenvalue weighted by Crippen LogP contribution is 2.23. The van der Waals surface area contributed by atoms with Crippen molar-refractivity contribution < 1.29 is 8.42 Å². The van der Waals surface area contributed by atoms with Crippen molar-refractivity contribution in [2.24, 2.45) is 0 Å². The van der Waals surface area contributed by atoms with E-state index in [9.17, 15) is 8.42 Å². The van der Waals surface area contributed by atoms with Gasteiger partial charge in [0.1, 0.15) is 0 Å². The molecule has 2 fully saturated rings. The Kier molecular flexibility index (Phi) is 3.63. The van der Waals surface area contributed by atoms with Crippen LogP contribution in [0.3, 0.4) is 0 Å². The second-order valence-corrected chi connectivity index (χ2v) is 8.07. The molecular formula is C11H20N2O2S2. The lowest BCUT2D eigenvalue weighted by Gasteiger charge is -2.27. The van der Waals surface area contributed by atoms with Gasteiger partial charge in [0.25, 0.3) is 0 Å². The predicted octanol–water partition coefficient (Wildman–Crippen LogP) is 0.970. The molecule has 2 rings (SSSR count). The lowest BCUT2D eigenvalue weighted by molar-refractivity contribution is 0.462. The monoisotopic (exact) mass is 276 g/mol. The molecule has 0 spiro atoms. The summed E-state index contributed by atoms with van der Waals surface area (Å²) in [6.45, 7) is 1.93. The maximum Gasteiger partial charge on any atom is 0.166 e. The van der Waals surface area contributed by atoms with Gasteiger partial charge in [0, 0.05) is 6.04 Å². The highest BCUT2D eigenvalue weighted by atomic mass is 32.2. The minimum atomic E-state index is -2.88. The fourth-order valence-electron chi connectivity index (χ4n) is 2.67. The van der Waals surface area contributed by atoms with E-state index in [1.54, 1.807) is 0 Å². The van der Waals surface area contributed by atoms with Crippen molar-refractivity contribution in [2.45, 2.75) is 50.6 Å². The minimum absolute atomic E-state index is 0.187. The molecule has 98 valence electrons. The summed E-state index contributed by atoms with van der Waals surface area (Å²) in [7, 11) is -2.88. The molecule has 1 aliphatic carbocycles. The van der Waals surface area contributed by atoms with Gasteiger partial charge in [-0.2, -0.15) is 0 Å². The van der Waals surface area contributed by atoms with E-state index in [0.717, 1.165) is 12.8 Å². The Hall–Kier alpha value is -0.360. The topological polar surface area (TPSA) is 58.2 Å². The normalized spacial score (nSPS) is 32.5. The van der Waals surface area contributed by atoms with Gasteiger partial charge in [0.05, 0.1) is 17.0 Å². The van der Waals surface area contributed by atoms with Crippen LogP contribution in [0.4, 0.5) is 0 Å². The lowest BCUT2D eigenvalue weighted by atomic mass is 10.0. The van der Waals surface area contributed by atoms with Crippen LogP contribution in [0.25, 0.3) is 0 Å². The van der Waals surface area contributed by atoms with Crippen LogP contribution < -0.4 is 10.6 Å². The van der Waals surface area contributed by atoms with E-state index in [1.807, 2.05) is 6.92 Å². The molecule has 0 amide bonds. The van der Waals surface area contributed by atoms with E-state index >= 15 is 0 Å². The molecule has 2 aliphatic rings. The average Bonchev–Trinajstić information content (AvgIpc) is 2.74. The maximum absolute atomic E-state index is 11.5. The quantitative estimate of drug-likeness (QED) is 0.736. The first-order valence-corrected chi connectivity index (χ1v) is 8.41. The van der Waals surface area contributed by atoms with Crippen molar-refractivity contribution in [1.82, 2.24) is 10.6 Å². The number of nitrogens with one attached hydrogen (secondary N) is 2. The van der Waals surface area contributed by atoms with Crippen molar-refractivity contribution >= 4 is 27.2 Å². The van der Waals surface area contributed by atoms with Gasteiger partial charge in [-0.15, -0.1) is 0 Å². The van der Waals surface area contributed by atoms with E-state index in [1.165, 1.54) is 12.8 Å². The standard InChI is InChI=1S/C11H20N2O2S2/c1-11(6-7-17(14,15)8-11)13-10(16)12-9-4-2-3-5-9/h9H,2-8H2,1H3,(H2,12,13,16). The number of thiocarbonyl (C=S) groups is 1. The number of hydrogen-bond donors (Lipinski definition) is 2. The number of rotatable bonds is 2. The van der Waals surface area contributed by atoms with Gasteiger partial charge < -0.3 is 10.6 Å². The fourth-order valence-corrected chi connectivity index (χ4v) is 5.18. The SMILES string of the molecule is CC1(NC(=S)NC2CCCC2)CCS(=O)(=O)C1. The molecule has 0 aromatic rings. The van der Waals surface area contributed by atoms with E-state index < -0.39 is 9.84 Å². The molecule has 0 aromatic heterocycles. The first kappa shape index (κ1) is 13.1. The molecule has 2 N–H and O–H groups in total. The van der Waals surface area contributed by atoms with Crippen molar-refractivity contribution in [2.75, 3.05) is 11.5 Å². The highest BCUT2D eigenvalue weighted by Gasteiger charge is 2.38. The summed E-state index contributed by atoms with van der Waals surface area (Å²) in [6, 6.07) is 0.469. The fraction of sp³-hybridized carbons (Fsp3) is 0.909. The van der Waals surface area contributed by atoms with Gasteiger partial charge in [-0.05, 0) is 38.4 Å². The summed E-state index contributed by atoms with van der Waals surface area (Å²) in [5.41, 5.74) is -0.387. The Morgan fingerprint density at radius 3 is 2.53 bits per heavy atom. The second kappa shape index (κ2) is 4.72. The Bertz CT molecular complexity index is 402. The summed E-state index contributed by atoms with van der Waals surface area (Å²) < 4.78 is 22.9. The Labute approximate surface area is 108 Å². The van der Waals surface area contributed by atoms with Gasteiger partial charge in [0.2, 0.25) is 0 Å². The summed E-state index contributed by atoms with van der Waals surface area (Å²) in [5, 5.41) is 7.07. The number of hydrogen-bond acceptors (Lipinski definition) is 3. The molecule has 1 atom stereocenters. The van der Waals surface area contributed by atoms with E-state index in [4.69, 9.17) is 12.2 Å². The zero-order valence-electron chi connectivity index (χ0n) is 10.2. The third kappa shape index (κ3) is 3.55. The van der Waals surface area contributed by atoms with E-state index in [-0.39, 0.29) is 17.0 Å². The molecule has 6 heteroatoms. The molecule has 4 nitrogen and oxygen atoms in total. The van der Waals surface area contributed by atoms with Crippen molar-refractivity contribution in [3.8, 4) is 0 Å². The Balaban J connectivity index is 1.86. The summed E-state index contributed by atoms with van der Waals surface area (Å²) >= 11 is 5.26. The summed E-state index contributed by atoms with van der Waals surface area (Å²) in [5.74, 6) is 0.453. The Morgan fingerprint density at radius 2 is 2.00 bits per heavy atom. The molecule has 1 saturated carbocycles. The minimum Gasteiger partial charge on any atom is -0.360 e. The predicted molar refractivity (Wildman–Crippen MR) is 72.8 cm³/mol. The molecule has 0 bridgehead atoms.